The van der Waals surface area contributed by atoms with Gasteiger partial charge in [0.05, 0.1) is 11.0 Å². The zero-order valence-corrected chi connectivity index (χ0v) is 12.4. The van der Waals surface area contributed by atoms with E-state index in [2.05, 4.69) is 0 Å². The van der Waals surface area contributed by atoms with Crippen molar-refractivity contribution in [3.63, 3.8) is 0 Å². The van der Waals surface area contributed by atoms with Crippen LogP contribution in [0.15, 0.2) is 17.0 Å². The molecule has 1 fully saturated rings. The Morgan fingerprint density at radius 1 is 1.33 bits per heavy atom. The number of carboxylic acid groups (broad SMARTS) is 1. The van der Waals surface area contributed by atoms with Gasteiger partial charge >= 0.3 is 5.97 Å². The van der Waals surface area contributed by atoms with Gasteiger partial charge in [-0.3, -0.25) is 4.79 Å². The molecule has 0 aliphatic carbocycles. The predicted octanol–water partition coefficient (Wildman–Crippen LogP) is 0.651. The fourth-order valence-corrected chi connectivity index (χ4v) is 4.74. The molecule has 21 heavy (non-hydrogen) atoms. The monoisotopic (exact) mass is 317 g/mol. The maximum absolute atomic E-state index is 13.3. The Bertz CT molecular complexity index is 665. The normalized spacial score (nSPS) is 23.4. The number of nitrogens with zero attached hydrogens (tertiary/aromatic N) is 1. The van der Waals surface area contributed by atoms with Gasteiger partial charge in [-0.25, -0.2) is 12.8 Å². The molecular formula is C13H16FNO5S. The van der Waals surface area contributed by atoms with Crippen LogP contribution in [0.2, 0.25) is 0 Å². The molecule has 1 aliphatic heterocycles. The van der Waals surface area contributed by atoms with E-state index in [1.807, 2.05) is 0 Å². The fourth-order valence-electron chi connectivity index (χ4n) is 2.70. The molecule has 1 aromatic carbocycles. The van der Waals surface area contributed by atoms with Gasteiger partial charge in [0.1, 0.15) is 11.9 Å². The number of β-amino-alcohol motifs (C(OH)–C–C–N with tert-alkyl or cyclic N) is 1. The summed E-state index contributed by atoms with van der Waals surface area (Å²) in [6, 6.07) is 0.860. The molecule has 1 saturated heterocycles. The number of aliphatic hydroxyl groups excluding tert-OH is 1. The molecule has 1 aliphatic rings. The molecule has 2 rings (SSSR count). The van der Waals surface area contributed by atoms with Crippen molar-refractivity contribution in [1.29, 1.82) is 0 Å². The highest BCUT2D eigenvalue weighted by molar-refractivity contribution is 7.89. The molecule has 0 radical (unpaired) electrons. The summed E-state index contributed by atoms with van der Waals surface area (Å²) in [5.74, 6) is -1.87. The van der Waals surface area contributed by atoms with E-state index in [0.717, 1.165) is 16.4 Å². The molecule has 1 aromatic rings. The number of aryl methyl sites for hydroxylation is 2. The molecule has 0 aromatic heterocycles. The summed E-state index contributed by atoms with van der Waals surface area (Å²) in [4.78, 5) is 11.1. The van der Waals surface area contributed by atoms with Gasteiger partial charge in [-0.05, 0) is 37.1 Å². The van der Waals surface area contributed by atoms with Crippen LogP contribution in [-0.4, -0.2) is 47.6 Å². The number of rotatable bonds is 3. The number of aliphatic carboxylic acids is 1. The Balaban J connectivity index is 2.55. The molecule has 1 heterocycles. The third-order valence-corrected chi connectivity index (χ3v) is 5.69. The minimum atomic E-state index is -4.12. The van der Waals surface area contributed by atoms with Crippen LogP contribution >= 0.6 is 0 Å². The standard InChI is InChI=1S/C13H16FNO5S/c1-7-3-9(14)4-8(2)12(7)21(19,20)15-6-10(16)5-11(15)13(17)18/h3-4,10-11,16H,5-6H2,1-2H3,(H,17,18)/t10-,11-/m1/s1. The van der Waals surface area contributed by atoms with Crippen LogP contribution in [-0.2, 0) is 14.8 Å². The van der Waals surface area contributed by atoms with Crippen molar-refractivity contribution >= 4 is 16.0 Å². The van der Waals surface area contributed by atoms with Crippen molar-refractivity contribution in [3.8, 4) is 0 Å². The van der Waals surface area contributed by atoms with E-state index < -0.39 is 34.0 Å². The predicted molar refractivity (Wildman–Crippen MR) is 71.8 cm³/mol. The van der Waals surface area contributed by atoms with Gasteiger partial charge < -0.3 is 10.2 Å². The van der Waals surface area contributed by atoms with Crippen LogP contribution in [0, 0.1) is 19.7 Å². The van der Waals surface area contributed by atoms with Crippen molar-refractivity contribution in [3.05, 3.63) is 29.1 Å². The summed E-state index contributed by atoms with van der Waals surface area (Å²) in [6.07, 6.45) is -1.18. The lowest BCUT2D eigenvalue weighted by molar-refractivity contribution is -0.140. The van der Waals surface area contributed by atoms with Gasteiger partial charge in [-0.15, -0.1) is 0 Å². The molecule has 116 valence electrons. The van der Waals surface area contributed by atoms with E-state index in [-0.39, 0.29) is 29.0 Å². The van der Waals surface area contributed by atoms with Gasteiger partial charge in [0.25, 0.3) is 0 Å². The largest absolute Gasteiger partial charge is 0.480 e. The minimum Gasteiger partial charge on any atom is -0.480 e. The minimum absolute atomic E-state index is 0.107. The first-order valence-electron chi connectivity index (χ1n) is 6.34. The average Bonchev–Trinajstić information content (AvgIpc) is 2.70. The van der Waals surface area contributed by atoms with E-state index in [0.29, 0.717) is 0 Å². The van der Waals surface area contributed by atoms with E-state index in [4.69, 9.17) is 5.11 Å². The van der Waals surface area contributed by atoms with Crippen molar-refractivity contribution in [2.45, 2.75) is 37.3 Å². The van der Waals surface area contributed by atoms with E-state index in [1.165, 1.54) is 13.8 Å². The second-order valence-corrected chi connectivity index (χ2v) is 7.01. The first kappa shape index (κ1) is 15.9. The quantitative estimate of drug-likeness (QED) is 0.853. The summed E-state index contributed by atoms with van der Waals surface area (Å²) >= 11 is 0. The highest BCUT2D eigenvalue weighted by Crippen LogP contribution is 2.30. The number of carboxylic acids is 1. The van der Waals surface area contributed by atoms with Gasteiger partial charge in [0.15, 0.2) is 0 Å². The smallest absolute Gasteiger partial charge is 0.322 e. The molecule has 8 heteroatoms. The number of hydrogen-bond acceptors (Lipinski definition) is 4. The fraction of sp³-hybridized carbons (Fsp3) is 0.462. The SMILES string of the molecule is Cc1cc(F)cc(C)c1S(=O)(=O)N1C[C@H](O)C[C@@H]1C(=O)O. The van der Waals surface area contributed by atoms with Crippen LogP contribution in [0.4, 0.5) is 4.39 Å². The number of hydrogen-bond donors (Lipinski definition) is 2. The van der Waals surface area contributed by atoms with Gasteiger partial charge in [-0.2, -0.15) is 4.31 Å². The Morgan fingerprint density at radius 2 is 1.86 bits per heavy atom. The van der Waals surface area contributed by atoms with Gasteiger partial charge in [-0.1, -0.05) is 0 Å². The average molecular weight is 317 g/mol. The lowest BCUT2D eigenvalue weighted by atomic mass is 10.1. The van der Waals surface area contributed by atoms with Crippen LogP contribution < -0.4 is 0 Å². The van der Waals surface area contributed by atoms with Crippen molar-refractivity contribution in [1.82, 2.24) is 4.31 Å². The highest BCUT2D eigenvalue weighted by atomic mass is 32.2. The number of aliphatic hydroxyl groups is 1. The Labute approximate surface area is 121 Å². The summed E-state index contributed by atoms with van der Waals surface area (Å²) in [7, 11) is -4.12. The third-order valence-electron chi connectivity index (χ3n) is 3.51. The lowest BCUT2D eigenvalue weighted by Gasteiger charge is -2.23. The molecule has 2 atom stereocenters. The summed E-state index contributed by atoms with van der Waals surface area (Å²) < 4.78 is 39.4. The molecule has 0 unspecified atom stereocenters. The lowest BCUT2D eigenvalue weighted by Crippen LogP contribution is -2.41. The topological polar surface area (TPSA) is 94.9 Å². The van der Waals surface area contributed by atoms with Crippen LogP contribution in [0.1, 0.15) is 17.5 Å². The summed E-state index contributed by atoms with van der Waals surface area (Å²) in [5, 5.41) is 18.7. The van der Waals surface area contributed by atoms with Crippen molar-refractivity contribution in [2.24, 2.45) is 0 Å². The third kappa shape index (κ3) is 2.78. The molecule has 0 amide bonds. The van der Waals surface area contributed by atoms with Gasteiger partial charge in [0.2, 0.25) is 10.0 Å². The summed E-state index contributed by atoms with van der Waals surface area (Å²) in [6.45, 7) is 2.62. The molecule has 2 N–H and O–H groups in total. The van der Waals surface area contributed by atoms with Crippen molar-refractivity contribution < 1.29 is 27.8 Å². The molecule has 0 bridgehead atoms. The number of carbonyl (C=O) groups is 1. The zero-order valence-electron chi connectivity index (χ0n) is 11.6. The number of benzene rings is 1. The highest BCUT2D eigenvalue weighted by Gasteiger charge is 2.44. The first-order valence-corrected chi connectivity index (χ1v) is 7.78. The van der Waals surface area contributed by atoms with Crippen molar-refractivity contribution in [2.75, 3.05) is 6.54 Å². The maximum Gasteiger partial charge on any atom is 0.322 e. The first-order chi connectivity index (χ1) is 9.64. The second kappa shape index (κ2) is 5.36. The summed E-state index contributed by atoms with van der Waals surface area (Å²) in [5.41, 5.74) is 0.413. The van der Waals surface area contributed by atoms with Crippen LogP contribution in [0.3, 0.4) is 0 Å². The Hall–Kier alpha value is -1.51. The zero-order chi connectivity index (χ0) is 15.9. The Morgan fingerprint density at radius 3 is 2.33 bits per heavy atom. The number of sulfonamides is 1. The molecule has 6 nitrogen and oxygen atoms in total. The maximum atomic E-state index is 13.3. The second-order valence-electron chi connectivity index (χ2n) is 5.19. The van der Waals surface area contributed by atoms with E-state index in [9.17, 15) is 22.7 Å². The van der Waals surface area contributed by atoms with E-state index >= 15 is 0 Å². The van der Waals surface area contributed by atoms with E-state index in [1.54, 1.807) is 0 Å². The Kier molecular flexibility index (Phi) is 4.05. The molecule has 0 spiro atoms. The molecule has 0 saturated carbocycles. The van der Waals surface area contributed by atoms with Gasteiger partial charge in [0, 0.05) is 13.0 Å². The molecular weight excluding hydrogens is 301 g/mol. The van der Waals surface area contributed by atoms with Crippen LogP contribution in [0.25, 0.3) is 0 Å². The van der Waals surface area contributed by atoms with Crippen LogP contribution in [0.5, 0.6) is 0 Å². The number of halogens is 1.